The van der Waals surface area contributed by atoms with Crippen LogP contribution in [0.2, 0.25) is 0 Å². The molecule has 152 valence electrons. The van der Waals surface area contributed by atoms with Crippen molar-refractivity contribution in [2.24, 2.45) is 0 Å². The number of anilines is 2. The molecule has 9 nitrogen and oxygen atoms in total. The summed E-state index contributed by atoms with van der Waals surface area (Å²) < 4.78 is 15.1. The van der Waals surface area contributed by atoms with Crippen molar-refractivity contribution in [1.82, 2.24) is 4.90 Å². The van der Waals surface area contributed by atoms with E-state index >= 15 is 0 Å². The monoisotopic (exact) mass is 391 g/mol. The molecule has 1 aromatic rings. The summed E-state index contributed by atoms with van der Waals surface area (Å²) in [6.45, 7) is 2.02. The fourth-order valence-electron chi connectivity index (χ4n) is 2.86. The minimum atomic E-state index is -0.676. The summed E-state index contributed by atoms with van der Waals surface area (Å²) >= 11 is 0. The van der Waals surface area contributed by atoms with Gasteiger partial charge in [0, 0.05) is 11.4 Å². The van der Waals surface area contributed by atoms with E-state index < -0.39 is 11.9 Å². The molecule has 0 spiro atoms. The number of hydrogen-bond acceptors (Lipinski definition) is 8. The van der Waals surface area contributed by atoms with E-state index in [1.165, 1.54) is 14.2 Å². The number of ether oxygens (including phenoxy) is 3. The van der Waals surface area contributed by atoms with Crippen LogP contribution in [0, 0.1) is 6.92 Å². The standard InChI is InChI=1S/C19H25N3O6/c1-12-14(20-16(23)9-21(2)3)7-6-8-15(12)22-11-28-10-13(18(24)26-4)17(22)19(25)27-5/h6-8H,9-11H2,1-5H3,(H,20,23). The maximum Gasteiger partial charge on any atom is 0.355 e. The fourth-order valence-corrected chi connectivity index (χ4v) is 2.86. The van der Waals surface area contributed by atoms with Gasteiger partial charge in [0.25, 0.3) is 0 Å². The van der Waals surface area contributed by atoms with Crippen LogP contribution in [0.25, 0.3) is 0 Å². The number of amides is 1. The molecule has 0 aromatic heterocycles. The molecule has 1 aliphatic rings. The van der Waals surface area contributed by atoms with Gasteiger partial charge in [-0.05, 0) is 38.7 Å². The smallest absolute Gasteiger partial charge is 0.355 e. The van der Waals surface area contributed by atoms with E-state index in [2.05, 4.69) is 5.32 Å². The number of carbonyl (C=O) groups excluding carboxylic acids is 3. The largest absolute Gasteiger partial charge is 0.466 e. The molecule has 1 heterocycles. The number of esters is 2. The molecular formula is C19H25N3O6. The molecule has 1 aliphatic heterocycles. The van der Waals surface area contributed by atoms with Crippen LogP contribution in [0.3, 0.4) is 0 Å². The van der Waals surface area contributed by atoms with E-state index in [0.717, 1.165) is 0 Å². The van der Waals surface area contributed by atoms with Crippen molar-refractivity contribution in [3.63, 3.8) is 0 Å². The Morgan fingerprint density at radius 1 is 1.18 bits per heavy atom. The highest BCUT2D eigenvalue weighted by atomic mass is 16.5. The predicted octanol–water partition coefficient (Wildman–Crippen LogP) is 0.889. The molecule has 1 aromatic carbocycles. The van der Waals surface area contributed by atoms with Crippen molar-refractivity contribution >= 4 is 29.2 Å². The summed E-state index contributed by atoms with van der Waals surface area (Å²) in [5.74, 6) is -1.51. The lowest BCUT2D eigenvalue weighted by Gasteiger charge is -2.32. The SMILES string of the molecule is COC(=O)C1=C(C(=O)OC)N(c2cccc(NC(=O)CN(C)C)c2C)COC1. The molecule has 0 fully saturated rings. The summed E-state index contributed by atoms with van der Waals surface area (Å²) in [5.41, 5.74) is 2.04. The van der Waals surface area contributed by atoms with E-state index in [0.29, 0.717) is 16.9 Å². The summed E-state index contributed by atoms with van der Waals surface area (Å²) in [6, 6.07) is 5.28. The van der Waals surface area contributed by atoms with Gasteiger partial charge in [-0.2, -0.15) is 0 Å². The topological polar surface area (TPSA) is 97.4 Å². The molecule has 0 saturated carbocycles. The van der Waals surface area contributed by atoms with E-state index in [9.17, 15) is 14.4 Å². The van der Waals surface area contributed by atoms with Crippen molar-refractivity contribution in [3.8, 4) is 0 Å². The van der Waals surface area contributed by atoms with E-state index in [4.69, 9.17) is 14.2 Å². The Hall–Kier alpha value is -2.91. The summed E-state index contributed by atoms with van der Waals surface area (Å²) in [5, 5.41) is 2.85. The lowest BCUT2D eigenvalue weighted by atomic mass is 10.1. The van der Waals surface area contributed by atoms with Crippen LogP contribution < -0.4 is 10.2 Å². The highest BCUT2D eigenvalue weighted by Crippen LogP contribution is 2.32. The zero-order valence-electron chi connectivity index (χ0n) is 16.7. The van der Waals surface area contributed by atoms with Gasteiger partial charge in [0.2, 0.25) is 5.91 Å². The van der Waals surface area contributed by atoms with Gasteiger partial charge in [-0.15, -0.1) is 0 Å². The second kappa shape index (κ2) is 9.34. The van der Waals surface area contributed by atoms with Gasteiger partial charge in [0.05, 0.1) is 32.9 Å². The van der Waals surface area contributed by atoms with Gasteiger partial charge in [-0.3, -0.25) is 4.79 Å². The lowest BCUT2D eigenvalue weighted by Crippen LogP contribution is -2.39. The van der Waals surface area contributed by atoms with Crippen molar-refractivity contribution in [2.75, 3.05) is 58.4 Å². The fraction of sp³-hybridized carbons (Fsp3) is 0.421. The molecular weight excluding hydrogens is 366 g/mol. The second-order valence-electron chi connectivity index (χ2n) is 6.45. The van der Waals surface area contributed by atoms with Crippen LogP contribution in [0.1, 0.15) is 5.56 Å². The predicted molar refractivity (Wildman–Crippen MR) is 103 cm³/mol. The first-order chi connectivity index (χ1) is 13.3. The average Bonchev–Trinajstić information content (AvgIpc) is 2.67. The minimum absolute atomic E-state index is 0.0425. The van der Waals surface area contributed by atoms with Crippen LogP contribution in [-0.2, 0) is 28.6 Å². The van der Waals surface area contributed by atoms with Crippen LogP contribution in [-0.4, -0.2) is 70.9 Å². The first-order valence-electron chi connectivity index (χ1n) is 8.59. The van der Waals surface area contributed by atoms with Crippen LogP contribution >= 0.6 is 0 Å². The minimum Gasteiger partial charge on any atom is -0.466 e. The van der Waals surface area contributed by atoms with E-state index in [-0.39, 0.29) is 37.1 Å². The van der Waals surface area contributed by atoms with Gasteiger partial charge in [-0.25, -0.2) is 9.59 Å². The van der Waals surface area contributed by atoms with Gasteiger partial charge >= 0.3 is 11.9 Å². The van der Waals surface area contributed by atoms with Gasteiger partial charge in [0.1, 0.15) is 12.4 Å². The molecule has 0 bridgehead atoms. The Kier molecular flexibility index (Phi) is 7.13. The number of rotatable bonds is 6. The normalized spacial score (nSPS) is 14.1. The molecule has 0 aliphatic carbocycles. The molecule has 0 unspecified atom stereocenters. The quantitative estimate of drug-likeness (QED) is 0.714. The Morgan fingerprint density at radius 2 is 1.86 bits per heavy atom. The molecule has 2 rings (SSSR count). The van der Waals surface area contributed by atoms with E-state index in [1.807, 2.05) is 6.92 Å². The van der Waals surface area contributed by atoms with E-state index in [1.54, 1.807) is 42.1 Å². The van der Waals surface area contributed by atoms with Crippen LogP contribution in [0.4, 0.5) is 11.4 Å². The first kappa shape index (κ1) is 21.4. The number of methoxy groups -OCH3 is 2. The maximum atomic E-state index is 12.4. The van der Waals surface area contributed by atoms with Gasteiger partial charge < -0.3 is 29.3 Å². The third kappa shape index (κ3) is 4.68. The molecule has 1 N–H and O–H groups in total. The van der Waals surface area contributed by atoms with Gasteiger partial charge in [0.15, 0.2) is 0 Å². The maximum absolute atomic E-state index is 12.4. The van der Waals surface area contributed by atoms with Crippen LogP contribution in [0.5, 0.6) is 0 Å². The Labute approximate surface area is 163 Å². The molecule has 0 radical (unpaired) electrons. The Balaban J connectivity index is 2.47. The van der Waals surface area contributed by atoms with Crippen molar-refractivity contribution in [2.45, 2.75) is 6.92 Å². The molecule has 9 heteroatoms. The molecule has 0 saturated heterocycles. The first-order valence-corrected chi connectivity index (χ1v) is 8.59. The highest BCUT2D eigenvalue weighted by Gasteiger charge is 2.33. The highest BCUT2D eigenvalue weighted by molar-refractivity contribution is 6.04. The molecule has 1 amide bonds. The van der Waals surface area contributed by atoms with Gasteiger partial charge in [-0.1, -0.05) is 6.07 Å². The van der Waals surface area contributed by atoms with Crippen LogP contribution in [0.15, 0.2) is 29.5 Å². The number of nitrogens with one attached hydrogen (secondary N) is 1. The average molecular weight is 391 g/mol. The zero-order chi connectivity index (χ0) is 20.8. The van der Waals surface area contributed by atoms with Crippen molar-refractivity contribution in [3.05, 3.63) is 35.0 Å². The number of hydrogen-bond donors (Lipinski definition) is 1. The molecule has 28 heavy (non-hydrogen) atoms. The number of carbonyl (C=O) groups is 3. The molecule has 0 atom stereocenters. The number of nitrogens with zero attached hydrogens (tertiary/aromatic N) is 2. The van der Waals surface area contributed by atoms with Crippen molar-refractivity contribution in [1.29, 1.82) is 0 Å². The zero-order valence-corrected chi connectivity index (χ0v) is 16.7. The third-order valence-electron chi connectivity index (χ3n) is 4.16. The second-order valence-corrected chi connectivity index (χ2v) is 6.45. The lowest BCUT2D eigenvalue weighted by molar-refractivity contribution is -0.140. The van der Waals surface area contributed by atoms with Crippen molar-refractivity contribution < 1.29 is 28.6 Å². The Morgan fingerprint density at radius 3 is 2.46 bits per heavy atom. The third-order valence-corrected chi connectivity index (χ3v) is 4.16. The summed E-state index contributed by atoms with van der Waals surface area (Å²) in [7, 11) is 6.07. The Bertz CT molecular complexity index is 803. The number of likely N-dealkylation sites (N-methyl/N-ethyl adjacent to an activating group) is 1. The number of benzene rings is 1. The summed E-state index contributed by atoms with van der Waals surface area (Å²) in [4.78, 5) is 40.0. The summed E-state index contributed by atoms with van der Waals surface area (Å²) in [6.07, 6.45) is 0.